The van der Waals surface area contributed by atoms with E-state index in [0.29, 0.717) is 36.8 Å². The minimum absolute atomic E-state index is 0.0892. The fraction of sp³-hybridized carbons (Fsp3) is 0.273. The van der Waals surface area contributed by atoms with Gasteiger partial charge in [0.2, 0.25) is 5.91 Å². The zero-order valence-corrected chi connectivity index (χ0v) is 16.8. The van der Waals surface area contributed by atoms with Crippen LogP contribution in [0.15, 0.2) is 59.4 Å². The maximum atomic E-state index is 12.6. The van der Waals surface area contributed by atoms with Crippen molar-refractivity contribution in [3.8, 4) is 5.75 Å². The van der Waals surface area contributed by atoms with Crippen LogP contribution in [0.25, 0.3) is 10.8 Å². The molecule has 0 aliphatic rings. The Balaban J connectivity index is 1.58. The second kappa shape index (κ2) is 10.2. The summed E-state index contributed by atoms with van der Waals surface area (Å²) in [4.78, 5) is 37.1. The SMILES string of the molecule is CCCn1nc(C(=O)NNC(=O)CCCOc2ccccc2)c2ccccc2c1=O. The normalized spacial score (nSPS) is 10.6. The highest BCUT2D eigenvalue weighted by Gasteiger charge is 2.17. The first-order valence-corrected chi connectivity index (χ1v) is 9.87. The van der Waals surface area contributed by atoms with E-state index in [1.165, 1.54) is 4.68 Å². The van der Waals surface area contributed by atoms with E-state index in [4.69, 9.17) is 4.74 Å². The number of aryl methyl sites for hydroxylation is 1. The second-order valence-corrected chi connectivity index (χ2v) is 6.69. The summed E-state index contributed by atoms with van der Waals surface area (Å²) in [6.07, 6.45) is 1.39. The number of hydrogen-bond acceptors (Lipinski definition) is 5. The Kier molecular flexibility index (Phi) is 7.15. The van der Waals surface area contributed by atoms with Crippen molar-refractivity contribution < 1.29 is 14.3 Å². The predicted molar refractivity (Wildman–Crippen MR) is 113 cm³/mol. The minimum Gasteiger partial charge on any atom is -0.494 e. The zero-order valence-electron chi connectivity index (χ0n) is 16.8. The van der Waals surface area contributed by atoms with Crippen LogP contribution in [0.1, 0.15) is 36.7 Å². The lowest BCUT2D eigenvalue weighted by atomic mass is 10.1. The summed E-state index contributed by atoms with van der Waals surface area (Å²) in [5.74, 6) is -0.178. The molecule has 2 N–H and O–H groups in total. The number of hydrogen-bond donors (Lipinski definition) is 2. The predicted octanol–water partition coefficient (Wildman–Crippen LogP) is 2.43. The number of hydrazine groups is 1. The highest BCUT2D eigenvalue weighted by Crippen LogP contribution is 2.13. The number of ether oxygens (including phenoxy) is 1. The largest absolute Gasteiger partial charge is 0.494 e. The molecular formula is C22H24N4O4. The van der Waals surface area contributed by atoms with Crippen LogP contribution in [0.2, 0.25) is 0 Å². The molecule has 0 bridgehead atoms. The summed E-state index contributed by atoms with van der Waals surface area (Å²) < 4.78 is 6.81. The Morgan fingerprint density at radius 2 is 1.70 bits per heavy atom. The van der Waals surface area contributed by atoms with Gasteiger partial charge in [-0.05, 0) is 31.0 Å². The molecule has 1 heterocycles. The van der Waals surface area contributed by atoms with E-state index >= 15 is 0 Å². The molecule has 30 heavy (non-hydrogen) atoms. The highest BCUT2D eigenvalue weighted by molar-refractivity contribution is 6.05. The molecule has 2 amide bonds. The van der Waals surface area contributed by atoms with Crippen LogP contribution in [0.4, 0.5) is 0 Å². The fourth-order valence-corrected chi connectivity index (χ4v) is 2.95. The molecule has 8 heteroatoms. The number of aromatic nitrogens is 2. The van der Waals surface area contributed by atoms with Crippen molar-refractivity contribution in [2.75, 3.05) is 6.61 Å². The van der Waals surface area contributed by atoms with Gasteiger partial charge in [-0.2, -0.15) is 5.10 Å². The molecule has 0 atom stereocenters. The number of carbonyl (C=O) groups excluding carboxylic acids is 2. The molecule has 0 spiro atoms. The fourth-order valence-electron chi connectivity index (χ4n) is 2.95. The number of nitrogens with one attached hydrogen (secondary N) is 2. The van der Waals surface area contributed by atoms with Crippen LogP contribution < -0.4 is 21.1 Å². The number of nitrogens with zero attached hydrogens (tertiary/aromatic N) is 2. The third-order valence-corrected chi connectivity index (χ3v) is 4.39. The topological polar surface area (TPSA) is 102 Å². The van der Waals surface area contributed by atoms with Crippen molar-refractivity contribution in [1.82, 2.24) is 20.6 Å². The standard InChI is InChI=1S/C22H24N4O4/c1-2-14-26-22(29)18-12-7-6-11-17(18)20(25-26)21(28)24-23-19(27)13-8-15-30-16-9-4-3-5-10-16/h3-7,9-12H,2,8,13-15H2,1H3,(H,23,27)(H,24,28). The number of fused-ring (bicyclic) bond motifs is 1. The highest BCUT2D eigenvalue weighted by atomic mass is 16.5. The molecule has 8 nitrogen and oxygen atoms in total. The molecule has 0 saturated carbocycles. The van der Waals surface area contributed by atoms with Gasteiger partial charge in [0.15, 0.2) is 5.69 Å². The van der Waals surface area contributed by atoms with Gasteiger partial charge < -0.3 is 4.74 Å². The van der Waals surface area contributed by atoms with E-state index in [9.17, 15) is 14.4 Å². The molecule has 0 aliphatic heterocycles. The summed E-state index contributed by atoms with van der Waals surface area (Å²) >= 11 is 0. The Bertz CT molecular complexity index is 1080. The lowest BCUT2D eigenvalue weighted by Gasteiger charge is -2.11. The molecule has 0 radical (unpaired) electrons. The van der Waals surface area contributed by atoms with Gasteiger partial charge in [-0.3, -0.25) is 25.2 Å². The molecule has 1 aromatic heterocycles. The van der Waals surface area contributed by atoms with Gasteiger partial charge in [-0.15, -0.1) is 0 Å². The van der Waals surface area contributed by atoms with Crippen molar-refractivity contribution in [3.05, 3.63) is 70.6 Å². The average molecular weight is 408 g/mol. The lowest BCUT2D eigenvalue weighted by molar-refractivity contribution is -0.122. The van der Waals surface area contributed by atoms with Crippen molar-refractivity contribution in [2.24, 2.45) is 0 Å². The first kappa shape index (κ1) is 21.0. The molecule has 3 aromatic rings. The van der Waals surface area contributed by atoms with Gasteiger partial charge in [-0.25, -0.2) is 4.68 Å². The number of carbonyl (C=O) groups is 2. The van der Waals surface area contributed by atoms with Crippen LogP contribution >= 0.6 is 0 Å². The number of benzene rings is 2. The number of amides is 2. The second-order valence-electron chi connectivity index (χ2n) is 6.69. The third kappa shape index (κ3) is 5.22. The summed E-state index contributed by atoms with van der Waals surface area (Å²) in [5.41, 5.74) is 4.62. The number of para-hydroxylation sites is 1. The van der Waals surface area contributed by atoms with Gasteiger partial charge in [0.25, 0.3) is 11.5 Å². The molecule has 0 unspecified atom stereocenters. The summed E-state index contributed by atoms with van der Waals surface area (Å²) in [7, 11) is 0. The van der Waals surface area contributed by atoms with E-state index in [1.807, 2.05) is 37.3 Å². The maximum Gasteiger partial charge on any atom is 0.290 e. The molecule has 2 aromatic carbocycles. The lowest BCUT2D eigenvalue weighted by Crippen LogP contribution is -2.42. The Morgan fingerprint density at radius 1 is 1.00 bits per heavy atom. The van der Waals surface area contributed by atoms with Crippen LogP contribution in [0.5, 0.6) is 5.75 Å². The van der Waals surface area contributed by atoms with E-state index in [2.05, 4.69) is 16.0 Å². The smallest absolute Gasteiger partial charge is 0.290 e. The van der Waals surface area contributed by atoms with Crippen LogP contribution in [0.3, 0.4) is 0 Å². The molecule has 0 aliphatic carbocycles. The monoisotopic (exact) mass is 408 g/mol. The molecule has 0 saturated heterocycles. The first-order chi connectivity index (χ1) is 14.6. The van der Waals surface area contributed by atoms with Gasteiger partial charge in [-0.1, -0.05) is 43.3 Å². The third-order valence-electron chi connectivity index (χ3n) is 4.39. The van der Waals surface area contributed by atoms with E-state index in [0.717, 1.165) is 5.75 Å². The summed E-state index contributed by atoms with van der Waals surface area (Å²) in [6, 6.07) is 16.1. The average Bonchev–Trinajstić information content (AvgIpc) is 2.78. The molecule has 156 valence electrons. The maximum absolute atomic E-state index is 12.6. The van der Waals surface area contributed by atoms with Gasteiger partial charge >= 0.3 is 0 Å². The van der Waals surface area contributed by atoms with Gasteiger partial charge in [0.1, 0.15) is 5.75 Å². The Hall–Kier alpha value is -3.68. The summed E-state index contributed by atoms with van der Waals surface area (Å²) in [6.45, 7) is 2.71. The van der Waals surface area contributed by atoms with E-state index < -0.39 is 5.91 Å². The van der Waals surface area contributed by atoms with Crippen molar-refractivity contribution in [2.45, 2.75) is 32.7 Å². The van der Waals surface area contributed by atoms with Crippen LogP contribution in [0, 0.1) is 0 Å². The number of rotatable bonds is 8. The Morgan fingerprint density at radius 3 is 2.43 bits per heavy atom. The van der Waals surface area contributed by atoms with Gasteiger partial charge in [0.05, 0.1) is 12.0 Å². The van der Waals surface area contributed by atoms with Crippen molar-refractivity contribution in [3.63, 3.8) is 0 Å². The van der Waals surface area contributed by atoms with E-state index in [1.54, 1.807) is 24.3 Å². The molecule has 0 fully saturated rings. The van der Waals surface area contributed by atoms with Crippen LogP contribution in [-0.4, -0.2) is 28.2 Å². The van der Waals surface area contributed by atoms with E-state index in [-0.39, 0.29) is 23.6 Å². The van der Waals surface area contributed by atoms with Crippen molar-refractivity contribution >= 4 is 22.6 Å². The minimum atomic E-state index is -0.579. The summed E-state index contributed by atoms with van der Waals surface area (Å²) in [5, 5.41) is 5.05. The van der Waals surface area contributed by atoms with Crippen LogP contribution in [-0.2, 0) is 11.3 Å². The van der Waals surface area contributed by atoms with Crippen molar-refractivity contribution in [1.29, 1.82) is 0 Å². The molecule has 3 rings (SSSR count). The quantitative estimate of drug-likeness (QED) is 0.440. The van der Waals surface area contributed by atoms with Gasteiger partial charge in [0, 0.05) is 18.4 Å². The zero-order chi connectivity index (χ0) is 21.3. The molecular weight excluding hydrogens is 384 g/mol. The Labute approximate surface area is 173 Å². The first-order valence-electron chi connectivity index (χ1n) is 9.87.